The van der Waals surface area contributed by atoms with Gasteiger partial charge in [-0.25, -0.2) is 4.39 Å². The molecule has 1 aromatic carbocycles. The van der Waals surface area contributed by atoms with Crippen LogP contribution in [0.1, 0.15) is 26.3 Å². The second-order valence-electron chi connectivity index (χ2n) is 6.67. The SMILES string of the molecule is CN1CCN(c2ccc(F)cc2CNC(C)(C)C)CC1. The molecule has 0 amide bonds. The quantitative estimate of drug-likeness (QED) is 0.917. The van der Waals surface area contributed by atoms with E-state index in [1.165, 1.54) is 0 Å². The second-order valence-corrected chi connectivity index (χ2v) is 6.67. The van der Waals surface area contributed by atoms with Crippen LogP contribution in [-0.4, -0.2) is 43.7 Å². The Morgan fingerprint density at radius 3 is 2.40 bits per heavy atom. The van der Waals surface area contributed by atoms with Crippen LogP contribution >= 0.6 is 0 Å². The summed E-state index contributed by atoms with van der Waals surface area (Å²) in [6, 6.07) is 5.14. The molecule has 0 spiro atoms. The van der Waals surface area contributed by atoms with Gasteiger partial charge in [-0.3, -0.25) is 0 Å². The highest BCUT2D eigenvalue weighted by Crippen LogP contribution is 2.23. The fourth-order valence-electron chi connectivity index (χ4n) is 2.41. The number of piperazine rings is 1. The van der Waals surface area contributed by atoms with Crippen molar-refractivity contribution in [2.75, 3.05) is 38.1 Å². The number of halogens is 1. The minimum absolute atomic E-state index is 0.0334. The molecule has 0 saturated carbocycles. The van der Waals surface area contributed by atoms with Gasteiger partial charge in [0.15, 0.2) is 0 Å². The van der Waals surface area contributed by atoms with Gasteiger partial charge < -0.3 is 15.1 Å². The van der Waals surface area contributed by atoms with Gasteiger partial charge in [0.1, 0.15) is 5.82 Å². The molecule has 20 heavy (non-hydrogen) atoms. The summed E-state index contributed by atoms with van der Waals surface area (Å²) >= 11 is 0. The third-order valence-corrected chi connectivity index (χ3v) is 3.69. The summed E-state index contributed by atoms with van der Waals surface area (Å²) < 4.78 is 13.5. The maximum absolute atomic E-state index is 13.5. The van der Waals surface area contributed by atoms with Gasteiger partial charge in [0, 0.05) is 44.0 Å². The summed E-state index contributed by atoms with van der Waals surface area (Å²) in [4.78, 5) is 4.69. The average molecular weight is 279 g/mol. The molecular weight excluding hydrogens is 253 g/mol. The van der Waals surface area contributed by atoms with Gasteiger partial charge in [-0.15, -0.1) is 0 Å². The highest BCUT2D eigenvalue weighted by molar-refractivity contribution is 5.54. The van der Waals surface area contributed by atoms with Gasteiger partial charge in [0.25, 0.3) is 0 Å². The zero-order valence-corrected chi connectivity index (χ0v) is 13.0. The van der Waals surface area contributed by atoms with Crippen LogP contribution in [0.15, 0.2) is 18.2 Å². The van der Waals surface area contributed by atoms with Crippen LogP contribution in [0.4, 0.5) is 10.1 Å². The second kappa shape index (κ2) is 6.10. The van der Waals surface area contributed by atoms with Crippen molar-refractivity contribution in [3.8, 4) is 0 Å². The molecule has 0 aliphatic carbocycles. The number of rotatable bonds is 3. The molecule has 4 heteroatoms. The monoisotopic (exact) mass is 279 g/mol. The Morgan fingerprint density at radius 2 is 1.80 bits per heavy atom. The van der Waals surface area contributed by atoms with E-state index in [9.17, 15) is 4.39 Å². The lowest BCUT2D eigenvalue weighted by atomic mass is 10.1. The topological polar surface area (TPSA) is 18.5 Å². The van der Waals surface area contributed by atoms with Crippen molar-refractivity contribution in [2.24, 2.45) is 0 Å². The van der Waals surface area contributed by atoms with Crippen LogP contribution in [-0.2, 0) is 6.54 Å². The van der Waals surface area contributed by atoms with Crippen molar-refractivity contribution >= 4 is 5.69 Å². The third kappa shape index (κ3) is 4.18. The predicted octanol–water partition coefficient (Wildman–Crippen LogP) is 2.47. The summed E-state index contributed by atoms with van der Waals surface area (Å²) in [5.41, 5.74) is 2.24. The van der Waals surface area contributed by atoms with E-state index in [1.54, 1.807) is 12.1 Å². The largest absolute Gasteiger partial charge is 0.369 e. The zero-order valence-electron chi connectivity index (χ0n) is 13.0. The summed E-state index contributed by atoms with van der Waals surface area (Å²) in [7, 11) is 2.14. The average Bonchev–Trinajstić information content (AvgIpc) is 2.37. The molecule has 0 unspecified atom stereocenters. The van der Waals surface area contributed by atoms with Gasteiger partial charge in [-0.2, -0.15) is 0 Å². The van der Waals surface area contributed by atoms with Crippen molar-refractivity contribution in [1.82, 2.24) is 10.2 Å². The Balaban J connectivity index is 2.15. The summed E-state index contributed by atoms with van der Waals surface area (Å²) in [5, 5.41) is 3.45. The standard InChI is InChI=1S/C16H26FN3/c1-16(2,3)18-12-13-11-14(17)5-6-15(13)20-9-7-19(4)8-10-20/h5-6,11,18H,7-10,12H2,1-4H3. The molecule has 1 aromatic rings. The molecule has 1 aliphatic rings. The molecule has 1 heterocycles. The number of nitrogens with zero attached hydrogens (tertiary/aromatic N) is 2. The summed E-state index contributed by atoms with van der Waals surface area (Å²) in [6.07, 6.45) is 0. The number of likely N-dealkylation sites (N-methyl/N-ethyl adjacent to an activating group) is 1. The predicted molar refractivity (Wildman–Crippen MR) is 82.7 cm³/mol. The fourth-order valence-corrected chi connectivity index (χ4v) is 2.41. The Labute approximate surface area is 121 Å². The molecule has 0 aromatic heterocycles. The van der Waals surface area contributed by atoms with Crippen molar-refractivity contribution in [1.29, 1.82) is 0 Å². The first-order valence-corrected chi connectivity index (χ1v) is 7.32. The van der Waals surface area contributed by atoms with Gasteiger partial charge in [-0.1, -0.05) is 0 Å². The van der Waals surface area contributed by atoms with E-state index in [0.29, 0.717) is 6.54 Å². The van der Waals surface area contributed by atoms with E-state index in [4.69, 9.17) is 0 Å². The van der Waals surface area contributed by atoms with Crippen LogP contribution < -0.4 is 10.2 Å². The third-order valence-electron chi connectivity index (χ3n) is 3.69. The van der Waals surface area contributed by atoms with Crippen LogP contribution in [0.2, 0.25) is 0 Å². The number of hydrogen-bond donors (Lipinski definition) is 1. The van der Waals surface area contributed by atoms with Gasteiger partial charge in [-0.05, 0) is 51.6 Å². The van der Waals surface area contributed by atoms with E-state index in [-0.39, 0.29) is 11.4 Å². The number of hydrogen-bond acceptors (Lipinski definition) is 3. The lowest BCUT2D eigenvalue weighted by Crippen LogP contribution is -2.45. The van der Waals surface area contributed by atoms with Crippen molar-refractivity contribution in [3.63, 3.8) is 0 Å². The van der Waals surface area contributed by atoms with E-state index in [1.807, 2.05) is 6.07 Å². The molecule has 1 N–H and O–H groups in total. The number of benzene rings is 1. The van der Waals surface area contributed by atoms with Gasteiger partial charge in [0.2, 0.25) is 0 Å². The minimum atomic E-state index is -0.159. The molecule has 3 nitrogen and oxygen atoms in total. The molecule has 0 radical (unpaired) electrons. The van der Waals surface area contributed by atoms with Crippen LogP contribution in [0.3, 0.4) is 0 Å². The van der Waals surface area contributed by atoms with Crippen molar-refractivity contribution < 1.29 is 4.39 Å². The Morgan fingerprint density at radius 1 is 1.15 bits per heavy atom. The number of nitrogens with one attached hydrogen (secondary N) is 1. The van der Waals surface area contributed by atoms with Gasteiger partial charge in [0.05, 0.1) is 0 Å². The number of anilines is 1. The molecule has 112 valence electrons. The van der Waals surface area contributed by atoms with Crippen LogP contribution in [0.5, 0.6) is 0 Å². The fraction of sp³-hybridized carbons (Fsp3) is 0.625. The first-order chi connectivity index (χ1) is 9.35. The Bertz CT molecular complexity index is 446. The Hall–Kier alpha value is -1.13. The molecule has 1 saturated heterocycles. The molecule has 0 atom stereocenters. The summed E-state index contributed by atoms with van der Waals surface area (Å²) in [5.74, 6) is -0.159. The highest BCUT2D eigenvalue weighted by atomic mass is 19.1. The maximum Gasteiger partial charge on any atom is 0.123 e. The van der Waals surface area contributed by atoms with Crippen LogP contribution in [0.25, 0.3) is 0 Å². The summed E-state index contributed by atoms with van der Waals surface area (Å²) in [6.45, 7) is 11.2. The first kappa shape index (κ1) is 15.3. The van der Waals surface area contributed by atoms with E-state index < -0.39 is 0 Å². The van der Waals surface area contributed by atoms with E-state index in [0.717, 1.165) is 37.4 Å². The van der Waals surface area contributed by atoms with E-state index >= 15 is 0 Å². The molecule has 1 fully saturated rings. The molecular formula is C16H26FN3. The van der Waals surface area contributed by atoms with Gasteiger partial charge >= 0.3 is 0 Å². The lowest BCUT2D eigenvalue weighted by Gasteiger charge is -2.35. The van der Waals surface area contributed by atoms with Crippen molar-refractivity contribution in [3.05, 3.63) is 29.6 Å². The first-order valence-electron chi connectivity index (χ1n) is 7.32. The minimum Gasteiger partial charge on any atom is -0.369 e. The normalized spacial score (nSPS) is 17.6. The zero-order chi connectivity index (χ0) is 14.8. The van der Waals surface area contributed by atoms with Crippen molar-refractivity contribution in [2.45, 2.75) is 32.9 Å². The van der Waals surface area contributed by atoms with Crippen LogP contribution in [0, 0.1) is 5.82 Å². The van der Waals surface area contributed by atoms with E-state index in [2.05, 4.69) is 42.9 Å². The highest BCUT2D eigenvalue weighted by Gasteiger charge is 2.18. The molecule has 1 aliphatic heterocycles. The molecule has 0 bridgehead atoms. The Kier molecular flexibility index (Phi) is 4.66. The smallest absolute Gasteiger partial charge is 0.123 e. The maximum atomic E-state index is 13.5. The lowest BCUT2D eigenvalue weighted by molar-refractivity contribution is 0.312. The molecule has 2 rings (SSSR count).